The van der Waals surface area contributed by atoms with Crippen molar-refractivity contribution < 1.29 is 38.0 Å². The summed E-state index contributed by atoms with van der Waals surface area (Å²) in [6.45, 7) is -0.176. The van der Waals surface area contributed by atoms with Crippen LogP contribution in [0.25, 0.3) is 22.2 Å². The molecule has 3 aromatic rings. The molecule has 8 nitrogen and oxygen atoms in total. The Bertz CT molecular complexity index is 1150. The van der Waals surface area contributed by atoms with Crippen molar-refractivity contribution in [3.05, 3.63) is 53.9 Å². The predicted molar refractivity (Wildman–Crippen MR) is 106 cm³/mol. The number of halogens is 3. The SMILES string of the molecule is O=C(O)N1CC(c2cc(-c3ccc(OC(F)(F)F)cc3)c3nccnc3c2[C@H](O)CO)C1. The smallest absolute Gasteiger partial charge is 0.465 e. The Kier molecular flexibility index (Phi) is 5.61. The van der Waals surface area contributed by atoms with Gasteiger partial charge in [-0.1, -0.05) is 12.1 Å². The third kappa shape index (κ3) is 4.16. The van der Waals surface area contributed by atoms with Crippen LogP contribution in [0.15, 0.2) is 42.7 Å². The average Bonchev–Trinajstić information content (AvgIpc) is 2.70. The molecule has 2 heterocycles. The summed E-state index contributed by atoms with van der Waals surface area (Å²) in [5.74, 6) is -0.624. The Balaban J connectivity index is 1.84. The van der Waals surface area contributed by atoms with Crippen LogP contribution in [0.3, 0.4) is 0 Å². The first kappa shape index (κ1) is 21.8. The van der Waals surface area contributed by atoms with Crippen LogP contribution in [0.2, 0.25) is 0 Å². The number of rotatable bonds is 5. The number of carboxylic acid groups (broad SMARTS) is 1. The van der Waals surface area contributed by atoms with E-state index < -0.39 is 25.2 Å². The first-order valence-corrected chi connectivity index (χ1v) is 9.58. The van der Waals surface area contributed by atoms with Crippen molar-refractivity contribution in [1.29, 1.82) is 0 Å². The fourth-order valence-corrected chi connectivity index (χ4v) is 3.84. The first-order chi connectivity index (χ1) is 15.2. The van der Waals surface area contributed by atoms with Gasteiger partial charge in [0.2, 0.25) is 0 Å². The third-order valence-electron chi connectivity index (χ3n) is 5.32. The molecule has 0 aliphatic carbocycles. The molecule has 0 radical (unpaired) electrons. The average molecular weight is 449 g/mol. The second-order valence-electron chi connectivity index (χ2n) is 7.34. The number of aliphatic hydroxyl groups excluding tert-OH is 2. The van der Waals surface area contributed by atoms with Crippen LogP contribution in [0.1, 0.15) is 23.1 Å². The highest BCUT2D eigenvalue weighted by atomic mass is 19.4. The summed E-state index contributed by atoms with van der Waals surface area (Å²) in [7, 11) is 0. The van der Waals surface area contributed by atoms with E-state index in [2.05, 4.69) is 14.7 Å². The van der Waals surface area contributed by atoms with Gasteiger partial charge in [0.1, 0.15) is 11.9 Å². The number of ether oxygens (including phenoxy) is 1. The maximum atomic E-state index is 12.5. The number of nitrogens with zero attached hydrogens (tertiary/aromatic N) is 3. The lowest BCUT2D eigenvalue weighted by molar-refractivity contribution is -0.274. The van der Waals surface area contributed by atoms with Gasteiger partial charge in [0.25, 0.3) is 0 Å². The summed E-state index contributed by atoms with van der Waals surface area (Å²) in [5, 5.41) is 29.2. The van der Waals surface area contributed by atoms with Gasteiger partial charge in [0.15, 0.2) is 0 Å². The molecular formula is C21H18F3N3O5. The lowest BCUT2D eigenvalue weighted by atomic mass is 9.83. The minimum absolute atomic E-state index is 0.198. The molecule has 1 fully saturated rings. The number of carbonyl (C=O) groups is 1. The standard InChI is InChI=1S/C21H18F3N3O5/c22-21(23,24)32-13-3-1-11(2-4-13)15-7-14(12-8-27(9-12)20(30)31)17(16(29)10-28)19-18(15)25-5-6-26-19/h1-7,12,16,28-29H,8-10H2,(H,30,31)/t16-/m1/s1. The molecule has 11 heteroatoms. The third-order valence-corrected chi connectivity index (χ3v) is 5.32. The van der Waals surface area contributed by atoms with E-state index in [4.69, 9.17) is 5.11 Å². The summed E-state index contributed by atoms with van der Waals surface area (Å²) in [6, 6.07) is 6.96. The molecule has 1 saturated heterocycles. The molecule has 3 N–H and O–H groups in total. The van der Waals surface area contributed by atoms with Crippen molar-refractivity contribution >= 4 is 17.1 Å². The van der Waals surface area contributed by atoms with E-state index in [1.807, 2.05) is 0 Å². The predicted octanol–water partition coefficient (Wildman–Crippen LogP) is 3.30. The van der Waals surface area contributed by atoms with E-state index in [0.29, 0.717) is 33.3 Å². The molecule has 1 aliphatic heterocycles. The van der Waals surface area contributed by atoms with E-state index in [9.17, 15) is 28.2 Å². The van der Waals surface area contributed by atoms with Gasteiger partial charge in [-0.15, -0.1) is 13.2 Å². The molecule has 1 amide bonds. The molecule has 2 aromatic carbocycles. The Morgan fingerprint density at radius 2 is 1.78 bits per heavy atom. The van der Waals surface area contributed by atoms with Crippen molar-refractivity contribution in [2.45, 2.75) is 18.4 Å². The number of hydrogen-bond donors (Lipinski definition) is 3. The highest BCUT2D eigenvalue weighted by molar-refractivity contribution is 5.95. The van der Waals surface area contributed by atoms with Gasteiger partial charge in [-0.2, -0.15) is 0 Å². The first-order valence-electron chi connectivity index (χ1n) is 9.58. The Hall–Kier alpha value is -3.44. The fourth-order valence-electron chi connectivity index (χ4n) is 3.84. The zero-order valence-corrected chi connectivity index (χ0v) is 16.5. The number of alkyl halides is 3. The summed E-state index contributed by atoms with van der Waals surface area (Å²) in [4.78, 5) is 21.1. The van der Waals surface area contributed by atoms with Crippen LogP contribution < -0.4 is 4.74 Å². The largest absolute Gasteiger partial charge is 0.573 e. The molecular weight excluding hydrogens is 431 g/mol. The zero-order chi connectivity index (χ0) is 23.0. The number of benzene rings is 2. The maximum Gasteiger partial charge on any atom is 0.573 e. The monoisotopic (exact) mass is 449 g/mol. The van der Waals surface area contributed by atoms with Crippen molar-refractivity contribution in [2.75, 3.05) is 19.7 Å². The van der Waals surface area contributed by atoms with Crippen LogP contribution in [-0.4, -0.2) is 62.3 Å². The maximum absolute atomic E-state index is 12.5. The van der Waals surface area contributed by atoms with E-state index >= 15 is 0 Å². The molecule has 0 bridgehead atoms. The molecule has 168 valence electrons. The van der Waals surface area contributed by atoms with Crippen LogP contribution in [-0.2, 0) is 0 Å². The highest BCUT2D eigenvalue weighted by Gasteiger charge is 2.35. The molecule has 1 aromatic heterocycles. The van der Waals surface area contributed by atoms with E-state index in [1.54, 1.807) is 6.07 Å². The molecule has 1 atom stereocenters. The van der Waals surface area contributed by atoms with Crippen molar-refractivity contribution in [2.24, 2.45) is 0 Å². The Morgan fingerprint density at radius 1 is 1.16 bits per heavy atom. The van der Waals surface area contributed by atoms with Gasteiger partial charge in [-0.05, 0) is 29.3 Å². The minimum atomic E-state index is -4.81. The Morgan fingerprint density at radius 3 is 2.34 bits per heavy atom. The van der Waals surface area contributed by atoms with Crippen LogP contribution >= 0.6 is 0 Å². The fraction of sp³-hybridized carbons (Fsp3) is 0.286. The normalized spacial score (nSPS) is 15.5. The second kappa shape index (κ2) is 8.24. The zero-order valence-electron chi connectivity index (χ0n) is 16.5. The van der Waals surface area contributed by atoms with Gasteiger partial charge in [-0.3, -0.25) is 9.97 Å². The summed E-state index contributed by atoms with van der Waals surface area (Å²) in [6.07, 6.45) is -4.27. The molecule has 4 rings (SSSR count). The van der Waals surface area contributed by atoms with E-state index in [1.165, 1.54) is 41.6 Å². The Labute approximate surface area is 179 Å². The van der Waals surface area contributed by atoms with Crippen molar-refractivity contribution in [1.82, 2.24) is 14.9 Å². The van der Waals surface area contributed by atoms with Gasteiger partial charge in [-0.25, -0.2) is 4.79 Å². The number of aliphatic hydroxyl groups is 2. The van der Waals surface area contributed by atoms with E-state index in [0.717, 1.165) is 0 Å². The van der Waals surface area contributed by atoms with Crippen LogP contribution in [0, 0.1) is 0 Å². The van der Waals surface area contributed by atoms with Crippen LogP contribution in [0.4, 0.5) is 18.0 Å². The lowest BCUT2D eigenvalue weighted by Crippen LogP contribution is -2.48. The molecule has 32 heavy (non-hydrogen) atoms. The number of likely N-dealkylation sites (tertiary alicyclic amines) is 1. The van der Waals surface area contributed by atoms with Gasteiger partial charge in [0.05, 0.1) is 17.6 Å². The topological polar surface area (TPSA) is 116 Å². The quantitative estimate of drug-likeness (QED) is 0.547. The molecule has 0 spiro atoms. The molecule has 0 unspecified atom stereocenters. The summed E-state index contributed by atoms with van der Waals surface area (Å²) in [5.41, 5.74) is 2.74. The number of fused-ring (bicyclic) bond motifs is 1. The van der Waals surface area contributed by atoms with Crippen molar-refractivity contribution in [3.63, 3.8) is 0 Å². The minimum Gasteiger partial charge on any atom is -0.465 e. The van der Waals surface area contributed by atoms with Crippen molar-refractivity contribution in [3.8, 4) is 16.9 Å². The number of hydrogen-bond acceptors (Lipinski definition) is 6. The second-order valence-corrected chi connectivity index (χ2v) is 7.34. The summed E-state index contributed by atoms with van der Waals surface area (Å²) < 4.78 is 41.3. The van der Waals surface area contributed by atoms with Gasteiger partial charge >= 0.3 is 12.5 Å². The molecule has 1 aliphatic rings. The van der Waals surface area contributed by atoms with Crippen LogP contribution in [0.5, 0.6) is 5.75 Å². The summed E-state index contributed by atoms with van der Waals surface area (Å²) >= 11 is 0. The number of aromatic nitrogens is 2. The lowest BCUT2D eigenvalue weighted by Gasteiger charge is -2.39. The number of amides is 1. The molecule has 0 saturated carbocycles. The van der Waals surface area contributed by atoms with Gasteiger partial charge in [0, 0.05) is 42.5 Å². The highest BCUT2D eigenvalue weighted by Crippen LogP contribution is 2.40. The van der Waals surface area contributed by atoms with Gasteiger partial charge < -0.3 is 25.0 Å². The van der Waals surface area contributed by atoms with E-state index in [-0.39, 0.29) is 24.8 Å².